The Morgan fingerprint density at radius 3 is 2.72 bits per heavy atom. The highest BCUT2D eigenvalue weighted by molar-refractivity contribution is 6.03. The van der Waals surface area contributed by atoms with E-state index in [0.29, 0.717) is 18.1 Å². The Bertz CT molecular complexity index is 898. The van der Waals surface area contributed by atoms with E-state index in [9.17, 15) is 9.18 Å². The summed E-state index contributed by atoms with van der Waals surface area (Å²) < 4.78 is 13.2. The predicted octanol–water partition coefficient (Wildman–Crippen LogP) is 3.79. The van der Waals surface area contributed by atoms with Crippen molar-refractivity contribution in [3.8, 4) is 0 Å². The number of anilines is 2. The van der Waals surface area contributed by atoms with Gasteiger partial charge in [0.2, 0.25) is 0 Å². The summed E-state index contributed by atoms with van der Waals surface area (Å²) >= 11 is 0. The third-order valence-electron chi connectivity index (χ3n) is 3.70. The van der Waals surface area contributed by atoms with E-state index in [1.807, 2.05) is 31.2 Å². The number of aromatic nitrogens is 2. The first-order chi connectivity index (χ1) is 12.1. The first kappa shape index (κ1) is 16.6. The maximum atomic E-state index is 13.2. The van der Waals surface area contributed by atoms with E-state index in [4.69, 9.17) is 0 Å². The molecule has 5 nitrogen and oxygen atoms in total. The van der Waals surface area contributed by atoms with Crippen molar-refractivity contribution in [2.75, 3.05) is 10.6 Å². The maximum absolute atomic E-state index is 13.2. The third kappa shape index (κ3) is 4.38. The highest BCUT2D eigenvalue weighted by atomic mass is 19.1. The van der Waals surface area contributed by atoms with Crippen molar-refractivity contribution in [3.05, 3.63) is 83.6 Å². The van der Waals surface area contributed by atoms with E-state index in [2.05, 4.69) is 20.6 Å². The van der Waals surface area contributed by atoms with E-state index >= 15 is 0 Å². The minimum Gasteiger partial charge on any atom is -0.366 e. The number of carbonyl (C=O) groups excluding carboxylic acids is 1. The van der Waals surface area contributed by atoms with Gasteiger partial charge in [-0.05, 0) is 36.2 Å². The van der Waals surface area contributed by atoms with Crippen LogP contribution in [0.2, 0.25) is 0 Å². The summed E-state index contributed by atoms with van der Waals surface area (Å²) in [7, 11) is 0. The van der Waals surface area contributed by atoms with E-state index in [1.165, 1.54) is 30.1 Å². The molecule has 25 heavy (non-hydrogen) atoms. The van der Waals surface area contributed by atoms with Crippen molar-refractivity contribution in [2.24, 2.45) is 0 Å². The molecule has 1 aromatic heterocycles. The number of rotatable bonds is 5. The molecule has 0 aliphatic rings. The summed E-state index contributed by atoms with van der Waals surface area (Å²) in [5, 5.41) is 5.79. The summed E-state index contributed by atoms with van der Waals surface area (Å²) in [4.78, 5) is 20.4. The fourth-order valence-corrected chi connectivity index (χ4v) is 2.33. The zero-order valence-corrected chi connectivity index (χ0v) is 13.7. The second-order valence-electron chi connectivity index (χ2n) is 5.53. The summed E-state index contributed by atoms with van der Waals surface area (Å²) in [6.45, 7) is 2.63. The molecule has 0 saturated carbocycles. The number of halogens is 1. The number of nitrogens with one attached hydrogen (secondary N) is 2. The van der Waals surface area contributed by atoms with Crippen LogP contribution >= 0.6 is 0 Å². The van der Waals surface area contributed by atoms with Crippen molar-refractivity contribution < 1.29 is 9.18 Å². The molecule has 1 amide bonds. The van der Waals surface area contributed by atoms with E-state index < -0.39 is 11.7 Å². The van der Waals surface area contributed by atoms with E-state index in [1.54, 1.807) is 12.1 Å². The van der Waals surface area contributed by atoms with Gasteiger partial charge < -0.3 is 10.6 Å². The molecule has 0 fully saturated rings. The molecule has 6 heteroatoms. The normalized spacial score (nSPS) is 10.3. The molecule has 0 bridgehead atoms. The Hall–Kier alpha value is -3.28. The Kier molecular flexibility index (Phi) is 4.99. The van der Waals surface area contributed by atoms with Gasteiger partial charge in [0.1, 0.15) is 23.7 Å². The van der Waals surface area contributed by atoms with Crippen molar-refractivity contribution in [3.63, 3.8) is 0 Å². The van der Waals surface area contributed by atoms with Crippen LogP contribution in [0, 0.1) is 12.7 Å². The summed E-state index contributed by atoms with van der Waals surface area (Å²) in [6.07, 6.45) is 1.32. The molecule has 0 saturated heterocycles. The second-order valence-corrected chi connectivity index (χ2v) is 5.53. The van der Waals surface area contributed by atoms with Crippen molar-refractivity contribution in [2.45, 2.75) is 13.5 Å². The lowest BCUT2D eigenvalue weighted by Crippen LogP contribution is -2.15. The van der Waals surface area contributed by atoms with Crippen molar-refractivity contribution in [1.29, 1.82) is 0 Å². The summed E-state index contributed by atoms with van der Waals surface area (Å²) in [5.74, 6) is -0.296. The van der Waals surface area contributed by atoms with Crippen molar-refractivity contribution >= 4 is 17.4 Å². The monoisotopic (exact) mass is 336 g/mol. The van der Waals surface area contributed by atoms with Gasteiger partial charge in [0.05, 0.1) is 0 Å². The smallest absolute Gasteiger partial charge is 0.274 e. The second kappa shape index (κ2) is 7.53. The van der Waals surface area contributed by atoms with Gasteiger partial charge in [-0.1, -0.05) is 30.3 Å². The molecule has 0 radical (unpaired) electrons. The number of benzene rings is 2. The maximum Gasteiger partial charge on any atom is 0.274 e. The van der Waals surface area contributed by atoms with Crippen LogP contribution in [0.5, 0.6) is 0 Å². The number of carbonyl (C=O) groups is 1. The Morgan fingerprint density at radius 1 is 1.08 bits per heavy atom. The Morgan fingerprint density at radius 2 is 1.92 bits per heavy atom. The molecule has 126 valence electrons. The predicted molar refractivity (Wildman–Crippen MR) is 94.9 cm³/mol. The van der Waals surface area contributed by atoms with Gasteiger partial charge in [0.25, 0.3) is 5.91 Å². The number of aryl methyl sites for hydroxylation is 1. The standard InChI is InChI=1S/C19H17FN4O/c1-13-5-2-3-6-14(13)11-21-18-10-17(22-12-23-18)19(25)24-16-8-4-7-15(20)9-16/h2-10,12H,11H2,1H3,(H,24,25)(H,21,22,23). The zero-order chi connectivity index (χ0) is 17.6. The summed E-state index contributed by atoms with van der Waals surface area (Å²) in [6, 6.07) is 15.3. The number of amides is 1. The van der Waals surface area contributed by atoms with Gasteiger partial charge in [-0.15, -0.1) is 0 Å². The molecule has 3 aromatic rings. The minimum atomic E-state index is -0.424. The molecule has 0 spiro atoms. The van der Waals surface area contributed by atoms with Gasteiger partial charge in [-0.2, -0.15) is 0 Å². The highest BCUT2D eigenvalue weighted by Gasteiger charge is 2.10. The lowest BCUT2D eigenvalue weighted by atomic mass is 10.1. The topological polar surface area (TPSA) is 66.9 Å². The fourth-order valence-electron chi connectivity index (χ4n) is 2.33. The first-order valence-electron chi connectivity index (χ1n) is 7.79. The van der Waals surface area contributed by atoms with Gasteiger partial charge >= 0.3 is 0 Å². The Balaban J connectivity index is 1.68. The quantitative estimate of drug-likeness (QED) is 0.744. The number of hydrogen-bond acceptors (Lipinski definition) is 4. The van der Waals surface area contributed by atoms with E-state index in [0.717, 1.165) is 5.56 Å². The Labute approximate surface area is 145 Å². The largest absolute Gasteiger partial charge is 0.366 e. The minimum absolute atomic E-state index is 0.201. The molecule has 2 N–H and O–H groups in total. The molecule has 3 rings (SSSR count). The van der Waals surface area contributed by atoms with Crippen LogP contribution in [0.3, 0.4) is 0 Å². The molecule has 0 aliphatic carbocycles. The fraction of sp³-hybridized carbons (Fsp3) is 0.105. The molecular formula is C19H17FN4O. The molecule has 1 heterocycles. The summed E-state index contributed by atoms with van der Waals surface area (Å²) in [5.41, 5.74) is 2.89. The van der Waals surface area contributed by atoms with Crippen LogP contribution < -0.4 is 10.6 Å². The van der Waals surface area contributed by atoms with Gasteiger partial charge in [-0.3, -0.25) is 4.79 Å². The average Bonchev–Trinajstić information content (AvgIpc) is 2.61. The van der Waals surface area contributed by atoms with Gasteiger partial charge in [0, 0.05) is 18.3 Å². The molecule has 0 atom stereocenters. The van der Waals surface area contributed by atoms with Gasteiger partial charge in [-0.25, -0.2) is 14.4 Å². The highest BCUT2D eigenvalue weighted by Crippen LogP contribution is 2.13. The number of nitrogens with zero attached hydrogens (tertiary/aromatic N) is 2. The number of hydrogen-bond donors (Lipinski definition) is 2. The molecule has 0 unspecified atom stereocenters. The molecular weight excluding hydrogens is 319 g/mol. The lowest BCUT2D eigenvalue weighted by molar-refractivity contribution is 0.102. The van der Waals surface area contributed by atoms with Crippen molar-refractivity contribution in [1.82, 2.24) is 9.97 Å². The lowest BCUT2D eigenvalue weighted by Gasteiger charge is -2.09. The van der Waals surface area contributed by atoms with E-state index in [-0.39, 0.29) is 5.69 Å². The van der Waals surface area contributed by atoms with Crippen LogP contribution in [0.4, 0.5) is 15.9 Å². The first-order valence-corrected chi connectivity index (χ1v) is 7.79. The zero-order valence-electron chi connectivity index (χ0n) is 13.7. The third-order valence-corrected chi connectivity index (χ3v) is 3.70. The molecule has 0 aliphatic heterocycles. The van der Waals surface area contributed by atoms with Crippen LogP contribution in [0.15, 0.2) is 60.9 Å². The SMILES string of the molecule is Cc1ccccc1CNc1cc(C(=O)Nc2cccc(F)c2)ncn1. The van der Waals surface area contributed by atoms with Crippen LogP contribution in [-0.2, 0) is 6.54 Å². The van der Waals surface area contributed by atoms with Crippen LogP contribution in [0.25, 0.3) is 0 Å². The van der Waals surface area contributed by atoms with Crippen LogP contribution in [-0.4, -0.2) is 15.9 Å². The van der Waals surface area contributed by atoms with Crippen LogP contribution in [0.1, 0.15) is 21.6 Å². The van der Waals surface area contributed by atoms with Gasteiger partial charge in [0.15, 0.2) is 0 Å². The molecule has 2 aromatic carbocycles. The average molecular weight is 336 g/mol.